The average molecular weight is 459 g/mol. The van der Waals surface area contributed by atoms with Crippen LogP contribution < -0.4 is 10.5 Å². The average Bonchev–Trinajstić information content (AvgIpc) is 2.52. The SMILES string of the molecule is I.NC(=NCC(O)c1cccc(OC(F)F)c1)N1CCSCC1. The van der Waals surface area contributed by atoms with Crippen LogP contribution in [0.5, 0.6) is 5.75 Å². The molecule has 1 fully saturated rings. The van der Waals surface area contributed by atoms with E-state index in [4.69, 9.17) is 5.73 Å². The molecule has 1 aromatic carbocycles. The predicted molar refractivity (Wildman–Crippen MR) is 98.8 cm³/mol. The van der Waals surface area contributed by atoms with Gasteiger partial charge in [-0.2, -0.15) is 20.5 Å². The Hall–Kier alpha value is -0.810. The Kier molecular flexibility index (Phi) is 8.92. The predicted octanol–water partition coefficient (Wildman–Crippen LogP) is 2.30. The van der Waals surface area contributed by atoms with E-state index in [-0.39, 0.29) is 36.3 Å². The molecule has 2 rings (SSSR count). The van der Waals surface area contributed by atoms with Crippen LogP contribution in [-0.4, -0.2) is 53.7 Å². The minimum atomic E-state index is -2.89. The third-order valence-electron chi connectivity index (χ3n) is 3.23. The molecule has 0 radical (unpaired) electrons. The lowest BCUT2D eigenvalue weighted by Gasteiger charge is -2.27. The molecule has 0 saturated carbocycles. The number of thioether (sulfide) groups is 1. The van der Waals surface area contributed by atoms with Crippen molar-refractivity contribution in [3.05, 3.63) is 29.8 Å². The van der Waals surface area contributed by atoms with Crippen molar-refractivity contribution in [3.8, 4) is 5.75 Å². The standard InChI is InChI=1S/C14H19F2N3O2S.HI/c15-13(16)21-11-3-1-2-10(8-11)12(20)9-18-14(17)19-4-6-22-7-5-19;/h1-3,8,12-13,20H,4-7,9H2,(H2,17,18);1H. The van der Waals surface area contributed by atoms with Gasteiger partial charge in [0.15, 0.2) is 5.96 Å². The van der Waals surface area contributed by atoms with Crippen molar-refractivity contribution in [2.24, 2.45) is 10.7 Å². The van der Waals surface area contributed by atoms with Crippen LogP contribution in [-0.2, 0) is 0 Å². The number of nitrogens with zero attached hydrogens (tertiary/aromatic N) is 2. The summed E-state index contributed by atoms with van der Waals surface area (Å²) in [6, 6.07) is 5.96. The summed E-state index contributed by atoms with van der Waals surface area (Å²) in [6.07, 6.45) is -0.918. The van der Waals surface area contributed by atoms with E-state index in [1.165, 1.54) is 12.1 Å². The van der Waals surface area contributed by atoms with E-state index in [0.717, 1.165) is 24.6 Å². The molecule has 1 aliphatic heterocycles. The lowest BCUT2D eigenvalue weighted by Crippen LogP contribution is -2.42. The first kappa shape index (κ1) is 20.2. The topological polar surface area (TPSA) is 71.1 Å². The Morgan fingerprint density at radius 2 is 2.09 bits per heavy atom. The second-order valence-corrected chi connectivity index (χ2v) is 5.99. The van der Waals surface area contributed by atoms with E-state index in [1.807, 2.05) is 16.7 Å². The van der Waals surface area contributed by atoms with E-state index in [2.05, 4.69) is 9.73 Å². The number of hydrogen-bond acceptors (Lipinski definition) is 4. The number of aliphatic hydroxyl groups is 1. The number of hydrogen-bond donors (Lipinski definition) is 2. The number of halogens is 3. The number of guanidine groups is 1. The fourth-order valence-corrected chi connectivity index (χ4v) is 2.98. The molecule has 0 spiro atoms. The smallest absolute Gasteiger partial charge is 0.387 e. The van der Waals surface area contributed by atoms with Gasteiger partial charge in [0.2, 0.25) is 0 Å². The summed E-state index contributed by atoms with van der Waals surface area (Å²) in [7, 11) is 0. The van der Waals surface area contributed by atoms with E-state index in [9.17, 15) is 13.9 Å². The molecule has 0 aromatic heterocycles. The van der Waals surface area contributed by atoms with E-state index < -0.39 is 12.7 Å². The molecule has 0 amide bonds. The number of benzene rings is 1. The summed E-state index contributed by atoms with van der Waals surface area (Å²) in [4.78, 5) is 6.16. The zero-order chi connectivity index (χ0) is 15.9. The minimum Gasteiger partial charge on any atom is -0.435 e. The minimum absolute atomic E-state index is 0. The van der Waals surface area contributed by atoms with E-state index >= 15 is 0 Å². The summed E-state index contributed by atoms with van der Waals surface area (Å²) in [5.74, 6) is 2.42. The number of alkyl halides is 2. The lowest BCUT2D eigenvalue weighted by molar-refractivity contribution is -0.0499. The van der Waals surface area contributed by atoms with Gasteiger partial charge in [-0.1, -0.05) is 12.1 Å². The summed E-state index contributed by atoms with van der Waals surface area (Å²) >= 11 is 1.87. The zero-order valence-electron chi connectivity index (χ0n) is 12.4. The molecular weight excluding hydrogens is 439 g/mol. The van der Waals surface area contributed by atoms with Crippen LogP contribution in [0.25, 0.3) is 0 Å². The van der Waals surface area contributed by atoms with Crippen molar-refractivity contribution >= 4 is 41.7 Å². The maximum atomic E-state index is 12.2. The van der Waals surface area contributed by atoms with Crippen molar-refractivity contribution < 1.29 is 18.6 Å². The van der Waals surface area contributed by atoms with Crippen LogP contribution in [0.1, 0.15) is 11.7 Å². The highest BCUT2D eigenvalue weighted by Crippen LogP contribution is 2.21. The van der Waals surface area contributed by atoms with Crippen molar-refractivity contribution in [3.63, 3.8) is 0 Å². The van der Waals surface area contributed by atoms with Crippen LogP contribution in [0.3, 0.4) is 0 Å². The third kappa shape index (κ3) is 6.68. The molecule has 23 heavy (non-hydrogen) atoms. The van der Waals surface area contributed by atoms with Gasteiger partial charge in [-0.15, -0.1) is 24.0 Å². The second kappa shape index (κ2) is 10.1. The Morgan fingerprint density at radius 1 is 1.39 bits per heavy atom. The largest absolute Gasteiger partial charge is 0.435 e. The Labute approximate surface area is 155 Å². The Balaban J connectivity index is 0.00000264. The van der Waals surface area contributed by atoms with Crippen LogP contribution >= 0.6 is 35.7 Å². The fourth-order valence-electron chi connectivity index (χ4n) is 2.08. The van der Waals surface area contributed by atoms with Crippen molar-refractivity contribution in [2.45, 2.75) is 12.7 Å². The summed E-state index contributed by atoms with van der Waals surface area (Å²) in [5, 5.41) is 10.1. The first-order valence-electron chi connectivity index (χ1n) is 6.91. The summed E-state index contributed by atoms with van der Waals surface area (Å²) < 4.78 is 28.7. The highest BCUT2D eigenvalue weighted by molar-refractivity contribution is 14.0. The Bertz CT molecular complexity index is 517. The molecule has 1 saturated heterocycles. The quantitative estimate of drug-likeness (QED) is 0.402. The maximum Gasteiger partial charge on any atom is 0.387 e. The van der Waals surface area contributed by atoms with Crippen molar-refractivity contribution in [2.75, 3.05) is 31.1 Å². The van der Waals surface area contributed by atoms with Crippen molar-refractivity contribution in [1.82, 2.24) is 4.90 Å². The maximum absolute atomic E-state index is 12.2. The number of rotatable bonds is 5. The van der Waals surface area contributed by atoms with Gasteiger partial charge in [0, 0.05) is 24.6 Å². The van der Waals surface area contributed by atoms with Gasteiger partial charge in [-0.25, -0.2) is 0 Å². The molecule has 130 valence electrons. The van der Waals surface area contributed by atoms with Gasteiger partial charge in [0.25, 0.3) is 0 Å². The molecule has 1 atom stereocenters. The van der Waals surface area contributed by atoms with E-state index in [0.29, 0.717) is 11.5 Å². The number of nitrogens with two attached hydrogens (primary N) is 1. The molecule has 1 aromatic rings. The zero-order valence-corrected chi connectivity index (χ0v) is 15.5. The highest BCUT2D eigenvalue weighted by Gasteiger charge is 2.14. The first-order valence-corrected chi connectivity index (χ1v) is 8.07. The molecule has 1 aliphatic rings. The lowest BCUT2D eigenvalue weighted by atomic mass is 10.1. The van der Waals surface area contributed by atoms with Gasteiger partial charge < -0.3 is 20.5 Å². The molecule has 0 bridgehead atoms. The van der Waals surface area contributed by atoms with E-state index in [1.54, 1.807) is 12.1 Å². The van der Waals surface area contributed by atoms with Gasteiger partial charge in [0.1, 0.15) is 5.75 Å². The molecule has 1 unspecified atom stereocenters. The van der Waals surface area contributed by atoms with Crippen LogP contribution in [0.15, 0.2) is 29.3 Å². The first-order chi connectivity index (χ1) is 10.6. The summed E-state index contributed by atoms with van der Waals surface area (Å²) in [5.41, 5.74) is 6.36. The number of aliphatic imine (C=N–C) groups is 1. The van der Waals surface area contributed by atoms with Gasteiger partial charge in [-0.05, 0) is 17.7 Å². The van der Waals surface area contributed by atoms with Gasteiger partial charge in [-0.3, -0.25) is 4.99 Å². The monoisotopic (exact) mass is 459 g/mol. The van der Waals surface area contributed by atoms with Crippen LogP contribution in [0.2, 0.25) is 0 Å². The molecule has 0 aliphatic carbocycles. The normalized spacial score (nSPS) is 16.9. The van der Waals surface area contributed by atoms with Gasteiger partial charge in [0.05, 0.1) is 12.6 Å². The van der Waals surface area contributed by atoms with Crippen LogP contribution in [0.4, 0.5) is 8.78 Å². The molecule has 5 nitrogen and oxygen atoms in total. The van der Waals surface area contributed by atoms with Crippen molar-refractivity contribution in [1.29, 1.82) is 0 Å². The van der Waals surface area contributed by atoms with Crippen LogP contribution in [0, 0.1) is 0 Å². The summed E-state index contributed by atoms with van der Waals surface area (Å²) in [6.45, 7) is -1.13. The molecule has 3 N–H and O–H groups in total. The second-order valence-electron chi connectivity index (χ2n) is 4.77. The Morgan fingerprint density at radius 3 is 2.74 bits per heavy atom. The number of aliphatic hydroxyl groups excluding tert-OH is 1. The molecule has 9 heteroatoms. The fraction of sp³-hybridized carbons (Fsp3) is 0.500. The number of ether oxygens (including phenoxy) is 1. The highest BCUT2D eigenvalue weighted by atomic mass is 127. The molecule has 1 heterocycles. The molecular formula is C14H20F2IN3O2S. The van der Waals surface area contributed by atoms with Gasteiger partial charge >= 0.3 is 6.61 Å². The third-order valence-corrected chi connectivity index (χ3v) is 4.17.